The number of imidazole rings is 1. The highest BCUT2D eigenvalue weighted by Crippen LogP contribution is 2.12. The summed E-state index contributed by atoms with van der Waals surface area (Å²) in [7, 11) is 0. The van der Waals surface area contributed by atoms with Gasteiger partial charge >= 0.3 is 0 Å². The summed E-state index contributed by atoms with van der Waals surface area (Å²) in [5, 5.41) is 22.6. The molecule has 6 heteroatoms. The third-order valence-corrected chi connectivity index (χ3v) is 3.70. The van der Waals surface area contributed by atoms with Crippen LogP contribution < -0.4 is 0 Å². The highest BCUT2D eigenvalue weighted by atomic mass is 16.5. The zero-order chi connectivity index (χ0) is 17.6. The van der Waals surface area contributed by atoms with Crippen LogP contribution in [-0.2, 0) is 13.0 Å². The average molecular weight is 337 g/mol. The van der Waals surface area contributed by atoms with Crippen LogP contribution in [0, 0.1) is 11.8 Å². The number of aliphatic hydroxyl groups is 2. The van der Waals surface area contributed by atoms with Gasteiger partial charge in [-0.2, -0.15) is 0 Å². The molecule has 0 aliphatic rings. The fourth-order valence-corrected chi connectivity index (χ4v) is 2.46. The fourth-order valence-electron chi connectivity index (χ4n) is 2.46. The van der Waals surface area contributed by atoms with E-state index in [4.69, 9.17) is 9.63 Å². The SMILES string of the molecule is CC(O)c1nccn1Cc1cc(C#Cc2ccc(CCO)cc2)on1. The van der Waals surface area contributed by atoms with Gasteiger partial charge in [0.25, 0.3) is 0 Å². The van der Waals surface area contributed by atoms with Crippen molar-refractivity contribution >= 4 is 0 Å². The molecule has 2 aromatic heterocycles. The lowest BCUT2D eigenvalue weighted by Crippen LogP contribution is -2.07. The third kappa shape index (κ3) is 4.35. The van der Waals surface area contributed by atoms with Crippen molar-refractivity contribution < 1.29 is 14.7 Å². The van der Waals surface area contributed by atoms with E-state index in [9.17, 15) is 5.11 Å². The summed E-state index contributed by atoms with van der Waals surface area (Å²) in [6, 6.07) is 9.50. The Hall–Kier alpha value is -2.88. The van der Waals surface area contributed by atoms with Gasteiger partial charge in [-0.15, -0.1) is 0 Å². The van der Waals surface area contributed by atoms with E-state index in [-0.39, 0.29) is 6.61 Å². The van der Waals surface area contributed by atoms with Gasteiger partial charge < -0.3 is 19.3 Å². The first-order valence-electron chi connectivity index (χ1n) is 8.02. The molecule has 3 aromatic rings. The quantitative estimate of drug-likeness (QED) is 0.695. The van der Waals surface area contributed by atoms with E-state index in [1.165, 1.54) is 0 Å². The average Bonchev–Trinajstić information content (AvgIpc) is 3.24. The molecule has 25 heavy (non-hydrogen) atoms. The Kier molecular flexibility index (Phi) is 5.29. The van der Waals surface area contributed by atoms with Crippen molar-refractivity contribution in [2.24, 2.45) is 0 Å². The Morgan fingerprint density at radius 2 is 2.04 bits per heavy atom. The fraction of sp³-hybridized carbons (Fsp3) is 0.263. The number of hydrogen-bond acceptors (Lipinski definition) is 5. The van der Waals surface area contributed by atoms with Crippen LogP contribution in [0.4, 0.5) is 0 Å². The summed E-state index contributed by atoms with van der Waals surface area (Å²) in [4.78, 5) is 4.13. The Balaban J connectivity index is 1.69. The van der Waals surface area contributed by atoms with Gasteiger partial charge in [-0.25, -0.2) is 4.98 Å². The number of aromatic nitrogens is 3. The van der Waals surface area contributed by atoms with Crippen molar-refractivity contribution in [2.45, 2.75) is 26.0 Å². The van der Waals surface area contributed by atoms with Crippen molar-refractivity contribution in [1.82, 2.24) is 14.7 Å². The predicted octanol–water partition coefficient (Wildman–Crippen LogP) is 1.91. The van der Waals surface area contributed by atoms with E-state index < -0.39 is 6.10 Å². The maximum Gasteiger partial charge on any atom is 0.210 e. The number of nitrogens with zero attached hydrogens (tertiary/aromatic N) is 3. The first kappa shape index (κ1) is 17.0. The van der Waals surface area contributed by atoms with Gasteiger partial charge in [0, 0.05) is 30.6 Å². The van der Waals surface area contributed by atoms with E-state index in [2.05, 4.69) is 22.0 Å². The van der Waals surface area contributed by atoms with Crippen molar-refractivity contribution in [3.8, 4) is 11.8 Å². The standard InChI is InChI=1S/C19H19N3O3/c1-14(24)19-20-9-10-22(19)13-17-12-18(25-21-17)7-6-15-2-4-16(5-3-15)8-11-23/h2-5,9-10,12,14,23-24H,8,11,13H2,1H3. The maximum absolute atomic E-state index is 9.68. The molecule has 2 N–H and O–H groups in total. The molecule has 0 aliphatic heterocycles. The Morgan fingerprint density at radius 1 is 1.24 bits per heavy atom. The minimum absolute atomic E-state index is 0.138. The predicted molar refractivity (Wildman–Crippen MR) is 91.7 cm³/mol. The minimum atomic E-state index is -0.644. The van der Waals surface area contributed by atoms with E-state index in [1.54, 1.807) is 25.4 Å². The normalized spacial score (nSPS) is 11.8. The highest BCUT2D eigenvalue weighted by Gasteiger charge is 2.10. The summed E-state index contributed by atoms with van der Waals surface area (Å²) in [5.74, 6) is 7.04. The lowest BCUT2D eigenvalue weighted by molar-refractivity contribution is 0.184. The molecule has 0 amide bonds. The zero-order valence-corrected chi connectivity index (χ0v) is 13.9. The van der Waals surface area contributed by atoms with Crippen LogP contribution in [0.1, 0.15) is 41.4 Å². The van der Waals surface area contributed by atoms with Crippen LogP contribution in [0.2, 0.25) is 0 Å². The largest absolute Gasteiger partial charge is 0.396 e. The molecule has 1 aromatic carbocycles. The number of rotatable bonds is 5. The molecular weight excluding hydrogens is 318 g/mol. The van der Waals surface area contributed by atoms with Crippen molar-refractivity contribution in [3.05, 3.63) is 71.1 Å². The summed E-state index contributed by atoms with van der Waals surface area (Å²) in [6.07, 6.45) is 3.43. The molecule has 6 nitrogen and oxygen atoms in total. The van der Waals surface area contributed by atoms with E-state index >= 15 is 0 Å². The molecular formula is C19H19N3O3. The van der Waals surface area contributed by atoms with Gasteiger partial charge in [0.1, 0.15) is 17.6 Å². The zero-order valence-electron chi connectivity index (χ0n) is 13.9. The summed E-state index contributed by atoms with van der Waals surface area (Å²) >= 11 is 0. The molecule has 1 unspecified atom stereocenters. The highest BCUT2D eigenvalue weighted by molar-refractivity contribution is 5.40. The van der Waals surface area contributed by atoms with Gasteiger partial charge in [0.15, 0.2) is 0 Å². The van der Waals surface area contributed by atoms with Crippen LogP contribution in [0.25, 0.3) is 0 Å². The van der Waals surface area contributed by atoms with E-state index in [0.29, 0.717) is 30.2 Å². The van der Waals surface area contributed by atoms with E-state index in [1.807, 2.05) is 28.8 Å². The number of benzene rings is 1. The second-order valence-electron chi connectivity index (χ2n) is 5.69. The molecule has 0 aliphatic carbocycles. The molecule has 0 saturated carbocycles. The van der Waals surface area contributed by atoms with Crippen molar-refractivity contribution in [2.75, 3.05) is 6.61 Å². The molecule has 0 bridgehead atoms. The summed E-state index contributed by atoms with van der Waals surface area (Å²) in [5.41, 5.74) is 2.65. The van der Waals surface area contributed by atoms with Gasteiger partial charge in [0.2, 0.25) is 5.76 Å². The first-order chi connectivity index (χ1) is 12.2. The Bertz CT molecular complexity index is 883. The lowest BCUT2D eigenvalue weighted by Gasteiger charge is -2.07. The van der Waals surface area contributed by atoms with Gasteiger partial charge in [0.05, 0.1) is 6.54 Å². The van der Waals surface area contributed by atoms with Gasteiger partial charge in [-0.1, -0.05) is 23.2 Å². The molecule has 3 rings (SSSR count). The smallest absolute Gasteiger partial charge is 0.210 e. The maximum atomic E-state index is 9.68. The molecule has 2 heterocycles. The van der Waals surface area contributed by atoms with Crippen LogP contribution in [0.15, 0.2) is 47.2 Å². The summed E-state index contributed by atoms with van der Waals surface area (Å²) in [6.45, 7) is 2.27. The summed E-state index contributed by atoms with van der Waals surface area (Å²) < 4.78 is 7.06. The monoisotopic (exact) mass is 337 g/mol. The number of aliphatic hydroxyl groups excluding tert-OH is 2. The molecule has 0 radical (unpaired) electrons. The Morgan fingerprint density at radius 3 is 2.76 bits per heavy atom. The van der Waals surface area contributed by atoms with Crippen molar-refractivity contribution in [1.29, 1.82) is 0 Å². The van der Waals surface area contributed by atoms with Crippen LogP contribution >= 0.6 is 0 Å². The van der Waals surface area contributed by atoms with E-state index in [0.717, 1.165) is 11.1 Å². The second kappa shape index (κ2) is 7.79. The van der Waals surface area contributed by atoms with Crippen LogP contribution in [0.5, 0.6) is 0 Å². The molecule has 1 atom stereocenters. The van der Waals surface area contributed by atoms with Crippen LogP contribution in [-0.4, -0.2) is 31.5 Å². The van der Waals surface area contributed by atoms with Gasteiger partial charge in [-0.3, -0.25) is 0 Å². The molecule has 0 fully saturated rings. The topological polar surface area (TPSA) is 84.3 Å². The first-order valence-corrected chi connectivity index (χ1v) is 8.02. The third-order valence-electron chi connectivity index (χ3n) is 3.70. The minimum Gasteiger partial charge on any atom is -0.396 e. The molecule has 0 saturated heterocycles. The van der Waals surface area contributed by atoms with Crippen LogP contribution in [0.3, 0.4) is 0 Å². The number of hydrogen-bond donors (Lipinski definition) is 2. The molecule has 0 spiro atoms. The molecule has 128 valence electrons. The van der Waals surface area contributed by atoms with Gasteiger partial charge in [-0.05, 0) is 37.0 Å². The Labute approximate surface area is 145 Å². The second-order valence-corrected chi connectivity index (χ2v) is 5.69. The lowest BCUT2D eigenvalue weighted by atomic mass is 10.1. The van der Waals surface area contributed by atoms with Crippen molar-refractivity contribution in [3.63, 3.8) is 0 Å².